The van der Waals surface area contributed by atoms with Gasteiger partial charge in [0.2, 0.25) is 0 Å². The first kappa shape index (κ1) is 15.1. The lowest BCUT2D eigenvalue weighted by atomic mass is 9.91. The fraction of sp³-hybridized carbons (Fsp3) is 0.389. The van der Waals surface area contributed by atoms with Gasteiger partial charge in [-0.05, 0) is 56.5 Å². The van der Waals surface area contributed by atoms with Crippen LogP contribution in [0.5, 0.6) is 0 Å². The zero-order chi connectivity index (χ0) is 16.5. The molecule has 0 bridgehead atoms. The maximum absolute atomic E-state index is 12.3. The van der Waals surface area contributed by atoms with E-state index in [-0.39, 0.29) is 11.6 Å². The van der Waals surface area contributed by atoms with Gasteiger partial charge >= 0.3 is 0 Å². The van der Waals surface area contributed by atoms with Gasteiger partial charge in [-0.25, -0.2) is 4.98 Å². The standard InChI is InChI=1S/C18H21N5O/c1-12(17-21-16-5-3-2-4-15(16)18(24)22-17)23-8-6-13(7-9-23)14-10-19-20-11-14/h2-5,10-13H,6-9H2,1H3,(H,19,20)(H,21,22,24)/t12-/m0/s1. The summed E-state index contributed by atoms with van der Waals surface area (Å²) in [5.74, 6) is 1.32. The van der Waals surface area contributed by atoms with Crippen LogP contribution in [-0.2, 0) is 0 Å². The SMILES string of the molecule is C[C@@H](c1nc2ccccc2c(=O)[nH]1)N1CCC(c2cn[nH]c2)CC1. The van der Waals surface area contributed by atoms with E-state index in [1.54, 1.807) is 0 Å². The van der Waals surface area contributed by atoms with Crippen LogP contribution < -0.4 is 5.56 Å². The van der Waals surface area contributed by atoms with E-state index < -0.39 is 0 Å². The van der Waals surface area contributed by atoms with Gasteiger partial charge in [0.05, 0.1) is 23.1 Å². The molecule has 2 aromatic heterocycles. The van der Waals surface area contributed by atoms with Crippen molar-refractivity contribution in [3.05, 3.63) is 58.4 Å². The molecule has 0 unspecified atom stereocenters. The van der Waals surface area contributed by atoms with Gasteiger partial charge in [-0.15, -0.1) is 0 Å². The van der Waals surface area contributed by atoms with Gasteiger partial charge in [-0.3, -0.25) is 14.8 Å². The van der Waals surface area contributed by atoms with E-state index in [1.165, 1.54) is 5.56 Å². The Hall–Kier alpha value is -2.47. The van der Waals surface area contributed by atoms with Crippen molar-refractivity contribution in [3.63, 3.8) is 0 Å². The molecule has 0 saturated carbocycles. The maximum atomic E-state index is 12.3. The van der Waals surface area contributed by atoms with Crippen molar-refractivity contribution < 1.29 is 0 Å². The van der Waals surface area contributed by atoms with Crippen LogP contribution in [0.2, 0.25) is 0 Å². The number of piperidine rings is 1. The van der Waals surface area contributed by atoms with E-state index in [0.29, 0.717) is 11.3 Å². The fourth-order valence-corrected chi connectivity index (χ4v) is 3.58. The van der Waals surface area contributed by atoms with Crippen molar-refractivity contribution >= 4 is 10.9 Å². The largest absolute Gasteiger partial charge is 0.309 e. The number of hydrogen-bond acceptors (Lipinski definition) is 4. The van der Waals surface area contributed by atoms with E-state index in [9.17, 15) is 4.79 Å². The van der Waals surface area contributed by atoms with E-state index in [0.717, 1.165) is 37.3 Å². The highest BCUT2D eigenvalue weighted by Gasteiger charge is 2.26. The van der Waals surface area contributed by atoms with Crippen molar-refractivity contribution in [2.45, 2.75) is 31.7 Å². The molecule has 3 aromatic rings. The lowest BCUT2D eigenvalue weighted by Crippen LogP contribution is -2.36. The molecule has 1 aliphatic heterocycles. The maximum Gasteiger partial charge on any atom is 0.258 e. The number of rotatable bonds is 3. The topological polar surface area (TPSA) is 77.7 Å². The highest BCUT2D eigenvalue weighted by atomic mass is 16.1. The number of fused-ring (bicyclic) bond motifs is 1. The molecule has 6 heteroatoms. The van der Waals surface area contributed by atoms with Crippen molar-refractivity contribution in [2.24, 2.45) is 0 Å². The number of H-pyrrole nitrogens is 2. The van der Waals surface area contributed by atoms with Crippen molar-refractivity contribution in [2.75, 3.05) is 13.1 Å². The van der Waals surface area contributed by atoms with Crippen molar-refractivity contribution in [1.29, 1.82) is 0 Å². The molecule has 1 saturated heterocycles. The number of benzene rings is 1. The second kappa shape index (κ2) is 6.20. The van der Waals surface area contributed by atoms with E-state index in [1.807, 2.05) is 36.7 Å². The molecule has 6 nitrogen and oxygen atoms in total. The van der Waals surface area contributed by atoms with Gasteiger partial charge in [0.1, 0.15) is 5.82 Å². The summed E-state index contributed by atoms with van der Waals surface area (Å²) >= 11 is 0. The number of aromatic amines is 2. The number of hydrogen-bond donors (Lipinski definition) is 2. The van der Waals surface area contributed by atoms with Crippen LogP contribution in [0.1, 0.15) is 43.1 Å². The van der Waals surface area contributed by atoms with E-state index >= 15 is 0 Å². The first-order valence-electron chi connectivity index (χ1n) is 8.44. The molecule has 1 fully saturated rings. The third-order valence-corrected chi connectivity index (χ3v) is 5.09. The lowest BCUT2D eigenvalue weighted by Gasteiger charge is -2.35. The van der Waals surface area contributed by atoms with Crippen LogP contribution >= 0.6 is 0 Å². The minimum Gasteiger partial charge on any atom is -0.309 e. The zero-order valence-corrected chi connectivity index (χ0v) is 13.7. The van der Waals surface area contributed by atoms with Gasteiger partial charge in [0.25, 0.3) is 5.56 Å². The monoisotopic (exact) mass is 323 g/mol. The van der Waals surface area contributed by atoms with Crippen LogP contribution in [0.4, 0.5) is 0 Å². The van der Waals surface area contributed by atoms with Gasteiger partial charge in [0, 0.05) is 6.20 Å². The van der Waals surface area contributed by atoms with Gasteiger partial charge in [-0.2, -0.15) is 5.10 Å². The number of nitrogens with zero attached hydrogens (tertiary/aromatic N) is 3. The van der Waals surface area contributed by atoms with E-state index in [2.05, 4.69) is 32.0 Å². The summed E-state index contributed by atoms with van der Waals surface area (Å²) in [5, 5.41) is 7.59. The highest BCUT2D eigenvalue weighted by Crippen LogP contribution is 2.30. The van der Waals surface area contributed by atoms with E-state index in [4.69, 9.17) is 0 Å². The summed E-state index contributed by atoms with van der Waals surface area (Å²) < 4.78 is 0. The Balaban J connectivity index is 1.52. The third kappa shape index (κ3) is 2.73. The van der Waals surface area contributed by atoms with Crippen LogP contribution in [0.3, 0.4) is 0 Å². The number of likely N-dealkylation sites (tertiary alicyclic amines) is 1. The van der Waals surface area contributed by atoms with Crippen LogP contribution in [0.25, 0.3) is 10.9 Å². The third-order valence-electron chi connectivity index (χ3n) is 5.09. The molecule has 3 heterocycles. The zero-order valence-electron chi connectivity index (χ0n) is 13.7. The molecule has 124 valence electrons. The smallest absolute Gasteiger partial charge is 0.258 e. The molecular formula is C18H21N5O. The minimum absolute atomic E-state index is 0.0595. The molecule has 1 aromatic carbocycles. The number of para-hydroxylation sites is 1. The summed E-state index contributed by atoms with van der Waals surface area (Å²) in [7, 11) is 0. The summed E-state index contributed by atoms with van der Waals surface area (Å²) in [4.78, 5) is 22.3. The molecule has 4 rings (SSSR count). The molecule has 1 atom stereocenters. The van der Waals surface area contributed by atoms with Crippen LogP contribution in [0, 0.1) is 0 Å². The second-order valence-electron chi connectivity index (χ2n) is 6.49. The molecule has 2 N–H and O–H groups in total. The molecule has 1 aliphatic rings. The van der Waals surface area contributed by atoms with Gasteiger partial charge in [0.15, 0.2) is 0 Å². The first-order valence-corrected chi connectivity index (χ1v) is 8.44. The first-order chi connectivity index (χ1) is 11.7. The average molecular weight is 323 g/mol. The molecule has 0 spiro atoms. The van der Waals surface area contributed by atoms with Crippen LogP contribution in [0.15, 0.2) is 41.5 Å². The molecular weight excluding hydrogens is 302 g/mol. The number of nitrogens with one attached hydrogen (secondary N) is 2. The minimum atomic E-state index is -0.0595. The Morgan fingerprint density at radius 2 is 2.04 bits per heavy atom. The quantitative estimate of drug-likeness (QED) is 0.776. The average Bonchev–Trinajstić information content (AvgIpc) is 3.16. The Kier molecular flexibility index (Phi) is 3.90. The number of aromatic nitrogens is 4. The second-order valence-corrected chi connectivity index (χ2v) is 6.49. The summed E-state index contributed by atoms with van der Waals surface area (Å²) in [5.41, 5.74) is 1.99. The molecule has 24 heavy (non-hydrogen) atoms. The molecule has 0 amide bonds. The Morgan fingerprint density at radius 1 is 1.25 bits per heavy atom. The predicted octanol–water partition coefficient (Wildman–Crippen LogP) is 2.59. The summed E-state index contributed by atoms with van der Waals surface area (Å²) in [6.07, 6.45) is 6.11. The van der Waals surface area contributed by atoms with Crippen LogP contribution in [-0.4, -0.2) is 38.2 Å². The van der Waals surface area contributed by atoms with Crippen molar-refractivity contribution in [3.8, 4) is 0 Å². The highest BCUT2D eigenvalue weighted by molar-refractivity contribution is 5.77. The Morgan fingerprint density at radius 3 is 2.79 bits per heavy atom. The summed E-state index contributed by atoms with van der Waals surface area (Å²) in [6.45, 7) is 4.10. The van der Waals surface area contributed by atoms with Gasteiger partial charge < -0.3 is 4.98 Å². The lowest BCUT2D eigenvalue weighted by molar-refractivity contribution is 0.157. The van der Waals surface area contributed by atoms with Crippen molar-refractivity contribution in [1.82, 2.24) is 25.1 Å². The molecule has 0 aliphatic carbocycles. The molecule has 0 radical (unpaired) electrons. The summed E-state index contributed by atoms with van der Waals surface area (Å²) in [6, 6.07) is 7.59. The normalized spacial score (nSPS) is 18.0. The van der Waals surface area contributed by atoms with Gasteiger partial charge in [-0.1, -0.05) is 12.1 Å². The fourth-order valence-electron chi connectivity index (χ4n) is 3.58. The predicted molar refractivity (Wildman–Crippen MR) is 92.9 cm³/mol. The Labute approximate surface area is 139 Å². The Bertz CT molecular complexity index is 878.